The van der Waals surface area contributed by atoms with Crippen molar-refractivity contribution < 1.29 is 13.9 Å². The van der Waals surface area contributed by atoms with Crippen LogP contribution in [0.4, 0.5) is 5.13 Å². The standard InChI is InChI=1S/C14H11N3O3S/c1-19-10-6-3-2-5-9(10)13-16-17-14(21-13)15-12(18)11-7-4-8-20-11/h2-8H,1H3,(H,15,17,18). The van der Waals surface area contributed by atoms with Gasteiger partial charge in [0.25, 0.3) is 5.91 Å². The Morgan fingerprint density at radius 2 is 2.10 bits per heavy atom. The number of anilines is 1. The van der Waals surface area contributed by atoms with E-state index >= 15 is 0 Å². The normalized spacial score (nSPS) is 10.3. The Kier molecular flexibility index (Phi) is 3.65. The van der Waals surface area contributed by atoms with Crippen LogP contribution in [0.15, 0.2) is 47.1 Å². The molecule has 7 heteroatoms. The van der Waals surface area contributed by atoms with Crippen LogP contribution in [0, 0.1) is 0 Å². The van der Waals surface area contributed by atoms with E-state index in [-0.39, 0.29) is 11.7 Å². The van der Waals surface area contributed by atoms with E-state index in [0.29, 0.717) is 15.9 Å². The highest BCUT2D eigenvalue weighted by Gasteiger charge is 2.14. The zero-order valence-electron chi connectivity index (χ0n) is 11.1. The van der Waals surface area contributed by atoms with E-state index in [2.05, 4.69) is 15.5 Å². The number of hydrogen-bond donors (Lipinski definition) is 1. The molecule has 1 amide bonds. The number of furan rings is 1. The van der Waals surface area contributed by atoms with E-state index in [9.17, 15) is 4.79 Å². The third-order valence-electron chi connectivity index (χ3n) is 2.73. The Hall–Kier alpha value is -2.67. The van der Waals surface area contributed by atoms with Crippen molar-refractivity contribution in [3.05, 3.63) is 48.4 Å². The molecular formula is C14H11N3O3S. The van der Waals surface area contributed by atoms with Crippen LogP contribution < -0.4 is 10.1 Å². The van der Waals surface area contributed by atoms with E-state index in [1.165, 1.54) is 17.6 Å². The first-order chi connectivity index (χ1) is 10.3. The molecule has 0 unspecified atom stereocenters. The molecule has 0 atom stereocenters. The van der Waals surface area contributed by atoms with Crippen molar-refractivity contribution >= 4 is 22.4 Å². The number of methoxy groups -OCH3 is 1. The van der Waals surface area contributed by atoms with Crippen LogP contribution in [0.25, 0.3) is 10.6 Å². The summed E-state index contributed by atoms with van der Waals surface area (Å²) in [5, 5.41) is 11.7. The maximum Gasteiger partial charge on any atom is 0.293 e. The molecule has 0 fully saturated rings. The molecule has 0 spiro atoms. The third kappa shape index (κ3) is 2.77. The zero-order valence-corrected chi connectivity index (χ0v) is 11.9. The molecule has 3 rings (SSSR count). The molecule has 2 heterocycles. The summed E-state index contributed by atoms with van der Waals surface area (Å²) in [6.07, 6.45) is 1.44. The average molecular weight is 301 g/mol. The molecule has 0 aliphatic heterocycles. The molecule has 6 nitrogen and oxygen atoms in total. The predicted molar refractivity (Wildman–Crippen MR) is 78.6 cm³/mol. The van der Waals surface area contributed by atoms with Crippen LogP contribution in [0.2, 0.25) is 0 Å². The van der Waals surface area contributed by atoms with Gasteiger partial charge in [0.1, 0.15) is 5.75 Å². The Morgan fingerprint density at radius 3 is 2.86 bits per heavy atom. The summed E-state index contributed by atoms with van der Waals surface area (Å²) < 4.78 is 10.3. The zero-order chi connectivity index (χ0) is 14.7. The summed E-state index contributed by atoms with van der Waals surface area (Å²) >= 11 is 1.27. The van der Waals surface area contributed by atoms with E-state index in [0.717, 1.165) is 5.56 Å². The Labute approximate surface area is 124 Å². The van der Waals surface area contributed by atoms with E-state index < -0.39 is 0 Å². The number of benzene rings is 1. The van der Waals surface area contributed by atoms with Gasteiger partial charge in [0.2, 0.25) is 5.13 Å². The Morgan fingerprint density at radius 1 is 1.24 bits per heavy atom. The number of nitrogens with one attached hydrogen (secondary N) is 1. The van der Waals surface area contributed by atoms with Gasteiger partial charge in [-0.15, -0.1) is 10.2 Å². The molecule has 21 heavy (non-hydrogen) atoms. The number of amides is 1. The molecule has 0 bridgehead atoms. The largest absolute Gasteiger partial charge is 0.496 e. The minimum absolute atomic E-state index is 0.226. The highest BCUT2D eigenvalue weighted by atomic mass is 32.1. The van der Waals surface area contributed by atoms with Crippen molar-refractivity contribution in [3.63, 3.8) is 0 Å². The van der Waals surface area contributed by atoms with Crippen molar-refractivity contribution in [2.45, 2.75) is 0 Å². The molecule has 0 aliphatic carbocycles. The molecule has 106 valence electrons. The predicted octanol–water partition coefficient (Wildman–Crippen LogP) is 3.06. The molecular weight excluding hydrogens is 290 g/mol. The second-order valence-electron chi connectivity index (χ2n) is 4.04. The van der Waals surface area contributed by atoms with Crippen LogP contribution in [0.1, 0.15) is 10.6 Å². The second-order valence-corrected chi connectivity index (χ2v) is 5.02. The first-order valence-electron chi connectivity index (χ1n) is 6.09. The number of carbonyl (C=O) groups excluding carboxylic acids is 1. The molecule has 0 saturated heterocycles. The lowest BCUT2D eigenvalue weighted by Crippen LogP contribution is -2.10. The van der Waals surface area contributed by atoms with Crippen LogP contribution in [0.3, 0.4) is 0 Å². The van der Waals surface area contributed by atoms with Crippen molar-refractivity contribution in [2.75, 3.05) is 12.4 Å². The van der Waals surface area contributed by atoms with Gasteiger partial charge in [0.05, 0.1) is 18.9 Å². The monoisotopic (exact) mass is 301 g/mol. The van der Waals surface area contributed by atoms with Gasteiger partial charge in [-0.1, -0.05) is 23.5 Å². The van der Waals surface area contributed by atoms with Gasteiger partial charge in [0, 0.05) is 0 Å². The minimum atomic E-state index is -0.359. The summed E-state index contributed by atoms with van der Waals surface area (Å²) in [4.78, 5) is 11.9. The number of aromatic nitrogens is 2. The van der Waals surface area contributed by atoms with Gasteiger partial charge in [-0.25, -0.2) is 0 Å². The summed E-state index contributed by atoms with van der Waals surface area (Å²) in [7, 11) is 1.60. The Bertz CT molecular complexity index is 752. The number of ether oxygens (including phenoxy) is 1. The molecule has 0 saturated carbocycles. The lowest BCUT2D eigenvalue weighted by molar-refractivity contribution is 0.0996. The lowest BCUT2D eigenvalue weighted by Gasteiger charge is -2.03. The molecule has 2 aromatic heterocycles. The number of carbonyl (C=O) groups is 1. The molecule has 0 aliphatic rings. The van der Waals surface area contributed by atoms with Crippen LogP contribution >= 0.6 is 11.3 Å². The van der Waals surface area contributed by atoms with Crippen molar-refractivity contribution in [2.24, 2.45) is 0 Å². The maximum absolute atomic E-state index is 11.9. The fourth-order valence-electron chi connectivity index (χ4n) is 1.77. The van der Waals surface area contributed by atoms with Gasteiger partial charge in [0.15, 0.2) is 10.8 Å². The highest BCUT2D eigenvalue weighted by molar-refractivity contribution is 7.18. The molecule has 1 N–H and O–H groups in total. The summed E-state index contributed by atoms with van der Waals surface area (Å²) in [5.74, 6) is 0.573. The smallest absolute Gasteiger partial charge is 0.293 e. The lowest BCUT2D eigenvalue weighted by atomic mass is 10.2. The minimum Gasteiger partial charge on any atom is -0.496 e. The van der Waals surface area contributed by atoms with Crippen LogP contribution in [0.5, 0.6) is 5.75 Å². The first-order valence-corrected chi connectivity index (χ1v) is 6.91. The SMILES string of the molecule is COc1ccccc1-c1nnc(NC(=O)c2ccco2)s1. The van der Waals surface area contributed by atoms with Crippen LogP contribution in [-0.4, -0.2) is 23.2 Å². The third-order valence-corrected chi connectivity index (χ3v) is 3.60. The van der Waals surface area contributed by atoms with E-state index in [1.807, 2.05) is 24.3 Å². The van der Waals surface area contributed by atoms with Crippen molar-refractivity contribution in [3.8, 4) is 16.3 Å². The average Bonchev–Trinajstić information content (AvgIpc) is 3.18. The first kappa shape index (κ1) is 13.3. The summed E-state index contributed by atoms with van der Waals surface area (Å²) in [5.41, 5.74) is 0.830. The Balaban J connectivity index is 1.82. The van der Waals surface area contributed by atoms with E-state index in [1.54, 1.807) is 19.2 Å². The number of nitrogens with zero attached hydrogens (tertiary/aromatic N) is 2. The summed E-state index contributed by atoms with van der Waals surface area (Å²) in [6.45, 7) is 0. The molecule has 0 radical (unpaired) electrons. The van der Waals surface area contributed by atoms with Crippen molar-refractivity contribution in [1.82, 2.24) is 10.2 Å². The fraction of sp³-hybridized carbons (Fsp3) is 0.0714. The number of hydrogen-bond acceptors (Lipinski definition) is 6. The highest BCUT2D eigenvalue weighted by Crippen LogP contribution is 2.33. The molecule has 3 aromatic rings. The van der Waals surface area contributed by atoms with Gasteiger partial charge in [-0.3, -0.25) is 10.1 Å². The van der Waals surface area contributed by atoms with Gasteiger partial charge >= 0.3 is 0 Å². The molecule has 1 aromatic carbocycles. The summed E-state index contributed by atoms with van der Waals surface area (Å²) in [6, 6.07) is 10.7. The maximum atomic E-state index is 11.9. The van der Waals surface area contributed by atoms with Gasteiger partial charge in [-0.05, 0) is 24.3 Å². The van der Waals surface area contributed by atoms with Crippen molar-refractivity contribution in [1.29, 1.82) is 0 Å². The number of rotatable bonds is 4. The fourth-order valence-corrected chi connectivity index (χ4v) is 2.54. The van der Waals surface area contributed by atoms with Gasteiger partial charge in [-0.2, -0.15) is 0 Å². The van der Waals surface area contributed by atoms with E-state index in [4.69, 9.17) is 9.15 Å². The quantitative estimate of drug-likeness (QED) is 0.801. The number of para-hydroxylation sites is 1. The van der Waals surface area contributed by atoms with Gasteiger partial charge < -0.3 is 9.15 Å². The van der Waals surface area contributed by atoms with Crippen LogP contribution in [-0.2, 0) is 0 Å². The topological polar surface area (TPSA) is 77.3 Å². The second kappa shape index (κ2) is 5.76.